The van der Waals surface area contributed by atoms with Crippen LogP contribution in [0.4, 0.5) is 22.6 Å². The minimum absolute atomic E-state index is 0.00828. The monoisotopic (exact) mass is 496 g/mol. The number of benzene rings is 2. The van der Waals surface area contributed by atoms with Crippen LogP contribution in [-0.2, 0) is 9.84 Å². The van der Waals surface area contributed by atoms with Crippen molar-refractivity contribution in [2.75, 3.05) is 10.6 Å². The zero-order valence-corrected chi connectivity index (χ0v) is 19.5. The van der Waals surface area contributed by atoms with Gasteiger partial charge in [0.25, 0.3) is 5.69 Å². The largest absolute Gasteiger partial charge is 0.367 e. The summed E-state index contributed by atoms with van der Waals surface area (Å²) in [4.78, 5) is 23.6. The van der Waals surface area contributed by atoms with E-state index < -0.39 is 14.8 Å². The second-order valence-corrected chi connectivity index (χ2v) is 11.1. The number of anilines is 3. The number of nitrogens with one attached hydrogen (secondary N) is 2. The van der Waals surface area contributed by atoms with Gasteiger partial charge in [-0.25, -0.2) is 18.4 Å². The number of fused-ring (bicyclic) bond motifs is 1. The molecule has 0 saturated heterocycles. The van der Waals surface area contributed by atoms with Gasteiger partial charge in [0.2, 0.25) is 15.8 Å². The Bertz CT molecular complexity index is 1460. The molecule has 0 atom stereocenters. The first-order valence-electron chi connectivity index (χ1n) is 10.7. The molecule has 0 bridgehead atoms. The molecule has 0 amide bonds. The van der Waals surface area contributed by atoms with E-state index in [1.807, 2.05) is 24.3 Å². The molecule has 0 radical (unpaired) electrons. The fraction of sp³-hybridized carbons (Fsp3) is 0.227. The summed E-state index contributed by atoms with van der Waals surface area (Å²) in [5.41, 5.74) is 0.580. The van der Waals surface area contributed by atoms with Gasteiger partial charge in [-0.3, -0.25) is 15.4 Å². The second-order valence-electron chi connectivity index (χ2n) is 7.90. The van der Waals surface area contributed by atoms with Gasteiger partial charge in [0, 0.05) is 23.6 Å². The van der Waals surface area contributed by atoms with E-state index >= 15 is 0 Å². The minimum atomic E-state index is -3.87. The van der Waals surface area contributed by atoms with E-state index in [1.54, 1.807) is 0 Å². The highest BCUT2D eigenvalue weighted by molar-refractivity contribution is 7.93. The maximum Gasteiger partial charge on any atom is 0.269 e. The highest BCUT2D eigenvalue weighted by atomic mass is 32.2. The van der Waals surface area contributed by atoms with E-state index in [0.29, 0.717) is 17.1 Å². The molecule has 1 saturated carbocycles. The number of nitro groups is 1. The molecule has 12 heteroatoms. The van der Waals surface area contributed by atoms with E-state index in [1.165, 1.54) is 31.2 Å². The fourth-order valence-corrected chi connectivity index (χ4v) is 6.33. The Balaban J connectivity index is 1.41. The third-order valence-electron chi connectivity index (χ3n) is 5.63. The average Bonchev–Trinajstić information content (AvgIpc) is 3.52. The van der Waals surface area contributed by atoms with Crippen molar-refractivity contribution in [3.8, 4) is 0 Å². The minimum Gasteiger partial charge on any atom is -0.367 e. The topological polar surface area (TPSA) is 140 Å². The van der Waals surface area contributed by atoms with Crippen molar-refractivity contribution >= 4 is 54.7 Å². The first-order valence-corrected chi connectivity index (χ1v) is 13.0. The quantitative estimate of drug-likeness (QED) is 0.269. The van der Waals surface area contributed by atoms with E-state index in [4.69, 9.17) is 0 Å². The molecular formula is C22H20N6O4S2. The molecule has 0 aliphatic heterocycles. The number of sulfone groups is 1. The van der Waals surface area contributed by atoms with E-state index in [9.17, 15) is 18.5 Å². The molecule has 0 spiro atoms. The lowest BCUT2D eigenvalue weighted by Crippen LogP contribution is -2.16. The zero-order chi connectivity index (χ0) is 23.7. The van der Waals surface area contributed by atoms with Crippen LogP contribution in [-0.4, -0.2) is 34.3 Å². The normalized spacial score (nSPS) is 14.4. The van der Waals surface area contributed by atoms with Gasteiger partial charge in [-0.2, -0.15) is 4.98 Å². The number of nitro benzene ring substituents is 1. The SMILES string of the molecule is O=[N+]([O-])c1ccc(S(=O)(=O)c2cnc(Nc3nc(NC4CCCC4)c4ccccc4n3)s2)cc1. The molecule has 1 aliphatic rings. The fourth-order valence-electron chi connectivity index (χ4n) is 3.91. The lowest BCUT2D eigenvalue weighted by Gasteiger charge is -2.15. The van der Waals surface area contributed by atoms with Gasteiger partial charge in [-0.15, -0.1) is 0 Å². The van der Waals surface area contributed by atoms with Crippen molar-refractivity contribution in [2.24, 2.45) is 0 Å². The highest BCUT2D eigenvalue weighted by Gasteiger charge is 2.23. The van der Waals surface area contributed by atoms with Crippen molar-refractivity contribution in [3.63, 3.8) is 0 Å². The van der Waals surface area contributed by atoms with Gasteiger partial charge in [0.05, 0.1) is 21.5 Å². The van der Waals surface area contributed by atoms with Gasteiger partial charge >= 0.3 is 0 Å². The summed E-state index contributed by atoms with van der Waals surface area (Å²) in [6.45, 7) is 0. The van der Waals surface area contributed by atoms with E-state index in [2.05, 4.69) is 25.6 Å². The summed E-state index contributed by atoms with van der Waals surface area (Å²) < 4.78 is 25.9. The summed E-state index contributed by atoms with van der Waals surface area (Å²) in [6, 6.07) is 12.8. The number of para-hydroxylation sites is 1. The van der Waals surface area contributed by atoms with Crippen molar-refractivity contribution in [1.29, 1.82) is 0 Å². The molecule has 0 unspecified atom stereocenters. The van der Waals surface area contributed by atoms with Gasteiger partial charge in [0.15, 0.2) is 5.13 Å². The zero-order valence-electron chi connectivity index (χ0n) is 17.8. The summed E-state index contributed by atoms with van der Waals surface area (Å²) in [5.74, 6) is 1.04. The maximum atomic E-state index is 12.9. The Labute approximate surface area is 199 Å². The van der Waals surface area contributed by atoms with Crippen molar-refractivity contribution < 1.29 is 13.3 Å². The number of nitrogens with zero attached hydrogens (tertiary/aromatic N) is 4. The lowest BCUT2D eigenvalue weighted by atomic mass is 10.2. The van der Waals surface area contributed by atoms with Crippen LogP contribution in [0, 0.1) is 10.1 Å². The molecule has 2 N–H and O–H groups in total. The van der Waals surface area contributed by atoms with Crippen LogP contribution >= 0.6 is 11.3 Å². The first kappa shape index (κ1) is 22.2. The Morgan fingerprint density at radius 1 is 1.03 bits per heavy atom. The number of non-ortho nitro benzene ring substituents is 1. The molecule has 1 aliphatic carbocycles. The summed E-state index contributed by atoms with van der Waals surface area (Å²) in [6.07, 6.45) is 5.82. The standard InChI is InChI=1S/C22H20N6O4S2/c29-28(30)15-9-11-16(12-10-15)34(31,32)19-13-23-22(33-19)27-21-25-18-8-4-3-7-17(18)20(26-21)24-14-5-1-2-6-14/h3-4,7-14H,1-2,5-6H2,(H2,23,24,25,26,27). The number of rotatable bonds is 7. The van der Waals surface area contributed by atoms with E-state index in [0.717, 1.165) is 53.0 Å². The van der Waals surface area contributed by atoms with Crippen LogP contribution in [0.1, 0.15) is 25.7 Å². The molecule has 1 fully saturated rings. The molecule has 2 aromatic heterocycles. The van der Waals surface area contributed by atoms with Gasteiger partial charge in [-0.1, -0.05) is 36.3 Å². The Morgan fingerprint density at radius 2 is 1.76 bits per heavy atom. The van der Waals surface area contributed by atoms with Gasteiger partial charge < -0.3 is 5.32 Å². The number of aromatic nitrogens is 3. The summed E-state index contributed by atoms with van der Waals surface area (Å²) in [7, 11) is -3.87. The Morgan fingerprint density at radius 3 is 2.50 bits per heavy atom. The lowest BCUT2D eigenvalue weighted by molar-refractivity contribution is -0.384. The third-order valence-corrected chi connectivity index (χ3v) is 8.77. The van der Waals surface area contributed by atoms with Crippen LogP contribution in [0.3, 0.4) is 0 Å². The molecule has 2 heterocycles. The van der Waals surface area contributed by atoms with Crippen molar-refractivity contribution in [1.82, 2.24) is 15.0 Å². The van der Waals surface area contributed by atoms with Gasteiger partial charge in [0.1, 0.15) is 10.0 Å². The van der Waals surface area contributed by atoms with Crippen LogP contribution in [0.15, 0.2) is 63.8 Å². The molecule has 34 heavy (non-hydrogen) atoms. The second kappa shape index (κ2) is 8.95. The first-order chi connectivity index (χ1) is 16.4. The number of thiazole rings is 1. The van der Waals surface area contributed by atoms with Crippen LogP contribution in [0.5, 0.6) is 0 Å². The predicted octanol–water partition coefficient (Wildman–Crippen LogP) is 4.93. The summed E-state index contributed by atoms with van der Waals surface area (Å²) in [5, 5.41) is 18.6. The number of hydrogen-bond donors (Lipinski definition) is 2. The Kier molecular flexibility index (Phi) is 5.84. The van der Waals surface area contributed by atoms with Crippen molar-refractivity contribution in [2.45, 2.75) is 40.8 Å². The van der Waals surface area contributed by atoms with Gasteiger partial charge in [-0.05, 0) is 37.1 Å². The molecule has 4 aromatic rings. The number of hydrogen-bond acceptors (Lipinski definition) is 10. The van der Waals surface area contributed by atoms with E-state index in [-0.39, 0.29) is 14.8 Å². The highest BCUT2D eigenvalue weighted by Crippen LogP contribution is 2.32. The van der Waals surface area contributed by atoms with Crippen LogP contribution in [0.2, 0.25) is 0 Å². The van der Waals surface area contributed by atoms with Crippen LogP contribution in [0.25, 0.3) is 10.9 Å². The molecule has 2 aromatic carbocycles. The predicted molar refractivity (Wildman–Crippen MR) is 129 cm³/mol. The van der Waals surface area contributed by atoms with Crippen LogP contribution < -0.4 is 10.6 Å². The summed E-state index contributed by atoms with van der Waals surface area (Å²) >= 11 is 0.940. The molecule has 10 nitrogen and oxygen atoms in total. The maximum absolute atomic E-state index is 12.9. The molecule has 5 rings (SSSR count). The molecular weight excluding hydrogens is 476 g/mol. The average molecular weight is 497 g/mol. The molecule has 174 valence electrons. The third kappa shape index (κ3) is 4.41. The van der Waals surface area contributed by atoms with Crippen molar-refractivity contribution in [3.05, 3.63) is 64.8 Å². The Hall–Kier alpha value is -3.64. The smallest absolute Gasteiger partial charge is 0.269 e.